The van der Waals surface area contributed by atoms with Gasteiger partial charge in [0.1, 0.15) is 12.4 Å². The van der Waals surface area contributed by atoms with Gasteiger partial charge in [-0.3, -0.25) is 9.59 Å². The van der Waals surface area contributed by atoms with E-state index in [4.69, 9.17) is 14.2 Å². The molecule has 2 aliphatic rings. The summed E-state index contributed by atoms with van der Waals surface area (Å²) in [5.41, 5.74) is 1.05. The van der Waals surface area contributed by atoms with Crippen LogP contribution in [0.3, 0.4) is 0 Å². The molecule has 2 atom stereocenters. The van der Waals surface area contributed by atoms with Gasteiger partial charge in [0, 0.05) is 5.69 Å². The van der Waals surface area contributed by atoms with Gasteiger partial charge in [-0.25, -0.2) is 0 Å². The van der Waals surface area contributed by atoms with Crippen LogP contribution in [0.4, 0.5) is 11.4 Å². The molecule has 128 valence electrons. The molecule has 0 aliphatic carbocycles. The van der Waals surface area contributed by atoms with Crippen LogP contribution in [0.2, 0.25) is 0 Å². The van der Waals surface area contributed by atoms with Crippen molar-refractivity contribution in [2.24, 2.45) is 0 Å². The molecule has 0 bridgehead atoms. The average Bonchev–Trinajstić information content (AvgIpc) is 2.62. The molecule has 2 N–H and O–H groups in total. The van der Waals surface area contributed by atoms with Crippen molar-refractivity contribution in [3.8, 4) is 17.2 Å². The first-order chi connectivity index (χ1) is 12.1. The van der Waals surface area contributed by atoms with Crippen molar-refractivity contribution >= 4 is 23.2 Å². The highest BCUT2D eigenvalue weighted by molar-refractivity contribution is 6.00. The van der Waals surface area contributed by atoms with Crippen molar-refractivity contribution in [1.82, 2.24) is 0 Å². The van der Waals surface area contributed by atoms with Crippen molar-refractivity contribution < 1.29 is 23.8 Å². The van der Waals surface area contributed by atoms with Crippen LogP contribution in [0.1, 0.15) is 6.92 Å². The Morgan fingerprint density at radius 1 is 1.12 bits per heavy atom. The lowest BCUT2D eigenvalue weighted by Gasteiger charge is -2.26. The second-order valence-corrected chi connectivity index (χ2v) is 5.81. The zero-order valence-electron chi connectivity index (χ0n) is 13.4. The third kappa shape index (κ3) is 2.96. The fourth-order valence-corrected chi connectivity index (χ4v) is 2.66. The second-order valence-electron chi connectivity index (χ2n) is 5.81. The Balaban J connectivity index is 1.47. The number of benzene rings is 2. The van der Waals surface area contributed by atoms with E-state index in [1.165, 1.54) is 0 Å². The lowest BCUT2D eigenvalue weighted by atomic mass is 10.2. The number of hydrogen-bond acceptors (Lipinski definition) is 5. The Labute approximate surface area is 143 Å². The van der Waals surface area contributed by atoms with Crippen molar-refractivity contribution in [1.29, 1.82) is 0 Å². The van der Waals surface area contributed by atoms with E-state index < -0.39 is 12.2 Å². The molecule has 2 heterocycles. The molecule has 0 spiro atoms. The monoisotopic (exact) mass is 340 g/mol. The normalized spacial score (nSPS) is 20.8. The van der Waals surface area contributed by atoms with Crippen LogP contribution in [0.25, 0.3) is 0 Å². The van der Waals surface area contributed by atoms with E-state index >= 15 is 0 Å². The molecule has 2 aromatic rings. The molecule has 0 aromatic heterocycles. The molecule has 0 fully saturated rings. The summed E-state index contributed by atoms with van der Waals surface area (Å²) in [6.45, 7) is 1.80. The standard InChI is InChI=1S/C18H16N2O5/c1-10-17(21)20-12-8-11(6-7-13(12)24-10)19-18(22)16-9-23-14-4-2-3-5-15(14)25-16/h2-8,10,16H,9H2,1H3,(H,19,22)(H,20,21)/t10-,16-/m1/s1. The van der Waals surface area contributed by atoms with E-state index in [0.717, 1.165) is 0 Å². The molecule has 2 amide bonds. The topological polar surface area (TPSA) is 85.9 Å². The Morgan fingerprint density at radius 2 is 1.92 bits per heavy atom. The SMILES string of the molecule is C[C@H]1Oc2ccc(NC(=O)[C@H]3COc4ccccc4O3)cc2NC1=O. The Morgan fingerprint density at radius 3 is 2.76 bits per heavy atom. The molecular weight excluding hydrogens is 324 g/mol. The molecule has 7 nitrogen and oxygen atoms in total. The number of carbonyl (C=O) groups is 2. The van der Waals surface area contributed by atoms with Gasteiger partial charge in [0.25, 0.3) is 11.8 Å². The van der Waals surface area contributed by atoms with E-state index in [1.54, 1.807) is 37.3 Å². The number of hydrogen-bond donors (Lipinski definition) is 2. The molecule has 25 heavy (non-hydrogen) atoms. The van der Waals surface area contributed by atoms with Gasteiger partial charge < -0.3 is 24.8 Å². The highest BCUT2D eigenvalue weighted by atomic mass is 16.6. The van der Waals surface area contributed by atoms with E-state index in [0.29, 0.717) is 28.6 Å². The van der Waals surface area contributed by atoms with E-state index in [-0.39, 0.29) is 18.4 Å². The molecule has 0 saturated carbocycles. The lowest BCUT2D eigenvalue weighted by Crippen LogP contribution is -2.40. The van der Waals surface area contributed by atoms with Crippen LogP contribution >= 0.6 is 0 Å². The number of amides is 2. The van der Waals surface area contributed by atoms with Crippen LogP contribution in [0.5, 0.6) is 17.2 Å². The molecule has 0 unspecified atom stereocenters. The minimum Gasteiger partial charge on any atom is -0.485 e. The van der Waals surface area contributed by atoms with Gasteiger partial charge in [-0.2, -0.15) is 0 Å². The third-order valence-corrected chi connectivity index (χ3v) is 3.98. The molecule has 4 rings (SSSR count). The summed E-state index contributed by atoms with van der Waals surface area (Å²) in [4.78, 5) is 24.1. The van der Waals surface area contributed by atoms with Crippen molar-refractivity contribution in [2.45, 2.75) is 19.1 Å². The first-order valence-electron chi connectivity index (χ1n) is 7.91. The zero-order chi connectivity index (χ0) is 17.4. The van der Waals surface area contributed by atoms with E-state index in [9.17, 15) is 9.59 Å². The summed E-state index contributed by atoms with van der Waals surface area (Å²) < 4.78 is 16.7. The maximum absolute atomic E-state index is 12.4. The summed E-state index contributed by atoms with van der Waals surface area (Å²) in [6.07, 6.45) is -1.29. The van der Waals surface area contributed by atoms with Gasteiger partial charge in [-0.15, -0.1) is 0 Å². The highest BCUT2D eigenvalue weighted by Crippen LogP contribution is 2.33. The third-order valence-electron chi connectivity index (χ3n) is 3.98. The van der Waals surface area contributed by atoms with E-state index in [2.05, 4.69) is 10.6 Å². The van der Waals surface area contributed by atoms with Gasteiger partial charge in [0.2, 0.25) is 6.10 Å². The van der Waals surface area contributed by atoms with Crippen molar-refractivity contribution in [3.63, 3.8) is 0 Å². The maximum atomic E-state index is 12.4. The zero-order valence-corrected chi connectivity index (χ0v) is 13.4. The maximum Gasteiger partial charge on any atom is 0.269 e. The number of fused-ring (bicyclic) bond motifs is 2. The second kappa shape index (κ2) is 6.01. The van der Waals surface area contributed by atoms with Crippen LogP contribution in [-0.4, -0.2) is 30.6 Å². The van der Waals surface area contributed by atoms with Crippen molar-refractivity contribution in [2.75, 3.05) is 17.2 Å². The predicted molar refractivity (Wildman–Crippen MR) is 90.1 cm³/mol. The van der Waals surface area contributed by atoms with Crippen LogP contribution < -0.4 is 24.8 Å². The lowest BCUT2D eigenvalue weighted by molar-refractivity contribution is -0.125. The van der Waals surface area contributed by atoms with E-state index in [1.807, 2.05) is 12.1 Å². The van der Waals surface area contributed by atoms with Gasteiger partial charge in [0.15, 0.2) is 17.6 Å². The minimum atomic E-state index is -0.753. The Bertz CT molecular complexity index is 851. The predicted octanol–water partition coefficient (Wildman–Crippen LogP) is 2.18. The largest absolute Gasteiger partial charge is 0.485 e. The van der Waals surface area contributed by atoms with Crippen LogP contribution in [0, 0.1) is 0 Å². The van der Waals surface area contributed by atoms with Gasteiger partial charge in [-0.05, 0) is 37.3 Å². The number of rotatable bonds is 2. The highest BCUT2D eigenvalue weighted by Gasteiger charge is 2.28. The first kappa shape index (κ1) is 15.3. The Hall–Kier alpha value is -3.22. The summed E-state index contributed by atoms with van der Waals surface area (Å²) in [5.74, 6) is 1.17. The van der Waals surface area contributed by atoms with Gasteiger partial charge in [-0.1, -0.05) is 12.1 Å². The molecule has 7 heteroatoms. The number of para-hydroxylation sites is 2. The van der Waals surface area contributed by atoms with Crippen LogP contribution in [0.15, 0.2) is 42.5 Å². The first-order valence-corrected chi connectivity index (χ1v) is 7.91. The minimum absolute atomic E-state index is 0.130. The quantitative estimate of drug-likeness (QED) is 0.875. The number of nitrogens with one attached hydrogen (secondary N) is 2. The Kier molecular flexibility index (Phi) is 3.68. The van der Waals surface area contributed by atoms with Crippen LogP contribution in [-0.2, 0) is 9.59 Å². The fourth-order valence-electron chi connectivity index (χ4n) is 2.66. The van der Waals surface area contributed by atoms with Crippen molar-refractivity contribution in [3.05, 3.63) is 42.5 Å². The fraction of sp³-hybridized carbons (Fsp3) is 0.222. The molecule has 2 aromatic carbocycles. The molecule has 0 radical (unpaired) electrons. The van der Waals surface area contributed by atoms with Gasteiger partial charge in [0.05, 0.1) is 5.69 Å². The molecular formula is C18H16N2O5. The number of carbonyl (C=O) groups excluding carboxylic acids is 2. The molecule has 0 saturated heterocycles. The summed E-state index contributed by atoms with van der Waals surface area (Å²) >= 11 is 0. The number of anilines is 2. The summed E-state index contributed by atoms with van der Waals surface area (Å²) in [7, 11) is 0. The van der Waals surface area contributed by atoms with Gasteiger partial charge >= 0.3 is 0 Å². The average molecular weight is 340 g/mol. The summed E-state index contributed by atoms with van der Waals surface area (Å²) in [5, 5.41) is 5.51. The summed E-state index contributed by atoms with van der Waals surface area (Å²) in [6, 6.07) is 12.3. The number of ether oxygens (including phenoxy) is 3. The smallest absolute Gasteiger partial charge is 0.269 e. The molecule has 2 aliphatic heterocycles.